The summed E-state index contributed by atoms with van der Waals surface area (Å²) in [7, 11) is 0. The van der Waals surface area contributed by atoms with Gasteiger partial charge in [0.25, 0.3) is 0 Å². The Balaban J connectivity index is 1.39. The van der Waals surface area contributed by atoms with E-state index < -0.39 is 0 Å². The number of carbonyl (C=O) groups excluding carboxylic acids is 1. The predicted molar refractivity (Wildman–Crippen MR) is 104 cm³/mol. The number of furan rings is 1. The van der Waals surface area contributed by atoms with Gasteiger partial charge in [0.1, 0.15) is 11.3 Å². The van der Waals surface area contributed by atoms with E-state index in [2.05, 4.69) is 23.5 Å². The van der Waals surface area contributed by atoms with Gasteiger partial charge in [0.05, 0.1) is 5.75 Å². The van der Waals surface area contributed by atoms with E-state index in [0.717, 1.165) is 41.0 Å². The van der Waals surface area contributed by atoms with Crippen molar-refractivity contribution in [3.8, 4) is 0 Å². The fraction of sp³-hybridized carbons (Fsp3) is 0.286. The largest absolute Gasteiger partial charge is 0.461 e. The third kappa shape index (κ3) is 3.74. The Morgan fingerprint density at radius 3 is 2.80 bits per heavy atom. The maximum atomic E-state index is 12.2. The number of rotatable bonds is 5. The molecule has 0 bridgehead atoms. The van der Waals surface area contributed by atoms with Gasteiger partial charge in [0.15, 0.2) is 0 Å². The second kappa shape index (κ2) is 7.36. The average molecular weight is 351 g/mol. The van der Waals surface area contributed by atoms with E-state index in [9.17, 15) is 4.79 Å². The van der Waals surface area contributed by atoms with Crippen molar-refractivity contribution in [2.45, 2.75) is 31.4 Å². The van der Waals surface area contributed by atoms with Crippen molar-refractivity contribution >= 4 is 34.3 Å². The van der Waals surface area contributed by atoms with Gasteiger partial charge in [0.2, 0.25) is 5.91 Å². The van der Waals surface area contributed by atoms with Crippen LogP contribution in [-0.2, 0) is 23.4 Å². The topological polar surface area (TPSA) is 42.2 Å². The van der Waals surface area contributed by atoms with Gasteiger partial charge in [-0.25, -0.2) is 0 Å². The number of carbonyl (C=O) groups is 1. The predicted octanol–water partition coefficient (Wildman–Crippen LogP) is 5.18. The molecule has 1 aliphatic rings. The Labute approximate surface area is 151 Å². The van der Waals surface area contributed by atoms with Gasteiger partial charge in [0, 0.05) is 28.8 Å². The van der Waals surface area contributed by atoms with Crippen LogP contribution in [0.1, 0.15) is 29.7 Å². The van der Waals surface area contributed by atoms with Crippen LogP contribution in [0, 0.1) is 0 Å². The first-order chi connectivity index (χ1) is 12.3. The first kappa shape index (κ1) is 16.3. The summed E-state index contributed by atoms with van der Waals surface area (Å²) in [5.41, 5.74) is 4.36. The van der Waals surface area contributed by atoms with E-state index in [-0.39, 0.29) is 5.91 Å². The molecule has 1 aromatic heterocycles. The fourth-order valence-corrected chi connectivity index (χ4v) is 4.16. The first-order valence-corrected chi connectivity index (χ1v) is 9.91. The highest BCUT2D eigenvalue weighted by molar-refractivity contribution is 7.99. The van der Waals surface area contributed by atoms with Gasteiger partial charge < -0.3 is 9.73 Å². The number of benzene rings is 2. The Morgan fingerprint density at radius 2 is 1.92 bits per heavy atom. The van der Waals surface area contributed by atoms with Crippen molar-refractivity contribution in [1.29, 1.82) is 0 Å². The van der Waals surface area contributed by atoms with Crippen molar-refractivity contribution in [2.24, 2.45) is 0 Å². The number of thioether (sulfide) groups is 1. The summed E-state index contributed by atoms with van der Waals surface area (Å²) in [6.07, 6.45) is 4.53. The Kier molecular flexibility index (Phi) is 4.79. The molecule has 0 unspecified atom stereocenters. The molecule has 3 nitrogen and oxygen atoms in total. The van der Waals surface area contributed by atoms with E-state index in [1.807, 2.05) is 30.3 Å². The first-order valence-electron chi connectivity index (χ1n) is 8.75. The molecule has 0 atom stereocenters. The lowest BCUT2D eigenvalue weighted by Crippen LogP contribution is -2.14. The number of fused-ring (bicyclic) bond motifs is 3. The Hall–Kier alpha value is -2.20. The summed E-state index contributed by atoms with van der Waals surface area (Å²) in [6, 6.07) is 16.2. The molecule has 4 heteroatoms. The standard InChI is InChI=1S/C21H21NO2S/c23-21(14-25-13-15-6-2-1-3-7-15)22-16-10-11-20-18(12-16)17-8-4-5-9-19(17)24-20/h1-3,6-7,10-12H,4-5,8-9,13-14H2,(H,22,23). The monoisotopic (exact) mass is 351 g/mol. The highest BCUT2D eigenvalue weighted by atomic mass is 32.2. The molecule has 4 rings (SSSR count). The van der Waals surface area contributed by atoms with Crippen LogP contribution in [0.5, 0.6) is 0 Å². The molecule has 3 aromatic rings. The number of anilines is 1. The van der Waals surface area contributed by atoms with E-state index >= 15 is 0 Å². The SMILES string of the molecule is O=C(CSCc1ccccc1)Nc1ccc2oc3c(c2c1)CCCC3. The Morgan fingerprint density at radius 1 is 1.08 bits per heavy atom. The maximum absolute atomic E-state index is 12.2. The van der Waals surface area contributed by atoms with Crippen molar-refractivity contribution in [3.05, 3.63) is 65.4 Å². The minimum atomic E-state index is 0.0395. The third-order valence-corrected chi connectivity index (χ3v) is 5.59. The molecule has 2 aromatic carbocycles. The number of hydrogen-bond donors (Lipinski definition) is 1. The highest BCUT2D eigenvalue weighted by Crippen LogP contribution is 2.33. The molecule has 128 valence electrons. The van der Waals surface area contributed by atoms with Gasteiger partial charge in [-0.3, -0.25) is 4.79 Å². The van der Waals surface area contributed by atoms with E-state index in [0.29, 0.717) is 5.75 Å². The second-order valence-electron chi connectivity index (χ2n) is 6.45. The molecule has 0 fully saturated rings. The van der Waals surface area contributed by atoms with E-state index in [1.54, 1.807) is 11.8 Å². The lowest BCUT2D eigenvalue weighted by atomic mass is 9.96. The molecule has 0 radical (unpaired) electrons. The van der Waals surface area contributed by atoms with Crippen LogP contribution in [0.4, 0.5) is 5.69 Å². The van der Waals surface area contributed by atoms with Gasteiger partial charge in [-0.1, -0.05) is 30.3 Å². The molecule has 1 heterocycles. The number of aryl methyl sites for hydroxylation is 2. The molecular formula is C21H21NO2S. The van der Waals surface area contributed by atoms with Gasteiger partial charge in [-0.15, -0.1) is 11.8 Å². The summed E-state index contributed by atoms with van der Waals surface area (Å²) in [4.78, 5) is 12.2. The van der Waals surface area contributed by atoms with Crippen LogP contribution in [0.2, 0.25) is 0 Å². The van der Waals surface area contributed by atoms with Crippen molar-refractivity contribution in [3.63, 3.8) is 0 Å². The zero-order chi connectivity index (χ0) is 17.1. The number of amides is 1. The van der Waals surface area contributed by atoms with Crippen molar-refractivity contribution < 1.29 is 9.21 Å². The minimum absolute atomic E-state index is 0.0395. The normalized spacial score (nSPS) is 13.6. The molecule has 0 saturated heterocycles. The van der Waals surface area contributed by atoms with Crippen LogP contribution in [-0.4, -0.2) is 11.7 Å². The average Bonchev–Trinajstić information content (AvgIpc) is 3.01. The Bertz CT molecular complexity index is 886. The zero-order valence-electron chi connectivity index (χ0n) is 14.1. The van der Waals surface area contributed by atoms with Gasteiger partial charge >= 0.3 is 0 Å². The molecule has 1 aliphatic carbocycles. The molecule has 0 saturated carbocycles. The molecule has 0 aliphatic heterocycles. The quantitative estimate of drug-likeness (QED) is 0.688. The zero-order valence-corrected chi connectivity index (χ0v) is 14.9. The summed E-state index contributed by atoms with van der Waals surface area (Å²) in [5.74, 6) is 2.47. The molecule has 25 heavy (non-hydrogen) atoms. The summed E-state index contributed by atoms with van der Waals surface area (Å²) in [6.45, 7) is 0. The fourth-order valence-electron chi connectivity index (χ4n) is 3.37. The van der Waals surface area contributed by atoms with Gasteiger partial charge in [-0.05, 0) is 43.0 Å². The molecular weight excluding hydrogens is 330 g/mol. The smallest absolute Gasteiger partial charge is 0.234 e. The number of nitrogens with one attached hydrogen (secondary N) is 1. The highest BCUT2D eigenvalue weighted by Gasteiger charge is 2.18. The van der Waals surface area contributed by atoms with Crippen molar-refractivity contribution in [2.75, 3.05) is 11.1 Å². The number of hydrogen-bond acceptors (Lipinski definition) is 3. The van der Waals surface area contributed by atoms with Gasteiger partial charge in [-0.2, -0.15) is 0 Å². The van der Waals surface area contributed by atoms with E-state index in [4.69, 9.17) is 4.42 Å². The summed E-state index contributed by atoms with van der Waals surface area (Å²) >= 11 is 1.63. The molecule has 1 amide bonds. The lowest BCUT2D eigenvalue weighted by molar-refractivity contribution is -0.113. The second-order valence-corrected chi connectivity index (χ2v) is 7.43. The van der Waals surface area contributed by atoms with Crippen molar-refractivity contribution in [1.82, 2.24) is 0 Å². The maximum Gasteiger partial charge on any atom is 0.234 e. The lowest BCUT2D eigenvalue weighted by Gasteiger charge is -2.09. The summed E-state index contributed by atoms with van der Waals surface area (Å²) in [5, 5.41) is 4.17. The van der Waals surface area contributed by atoms with Crippen LogP contribution in [0.15, 0.2) is 52.9 Å². The van der Waals surface area contributed by atoms with E-state index in [1.165, 1.54) is 24.0 Å². The molecule has 1 N–H and O–H groups in total. The summed E-state index contributed by atoms with van der Waals surface area (Å²) < 4.78 is 5.95. The van der Waals surface area contributed by atoms with Crippen LogP contribution >= 0.6 is 11.8 Å². The van der Waals surface area contributed by atoms with Crippen LogP contribution in [0.3, 0.4) is 0 Å². The third-order valence-electron chi connectivity index (χ3n) is 4.58. The van der Waals surface area contributed by atoms with Crippen LogP contribution < -0.4 is 5.32 Å². The molecule has 0 spiro atoms. The minimum Gasteiger partial charge on any atom is -0.461 e. The van der Waals surface area contributed by atoms with Crippen LogP contribution in [0.25, 0.3) is 11.0 Å².